The second kappa shape index (κ2) is 9.07. The third-order valence-corrected chi connectivity index (χ3v) is 4.25. The van der Waals surface area contributed by atoms with Gasteiger partial charge in [-0.1, -0.05) is 23.8 Å². The minimum absolute atomic E-state index is 0.260. The Morgan fingerprint density at radius 2 is 1.59 bits per heavy atom. The van der Waals surface area contributed by atoms with Crippen LogP contribution in [0.2, 0.25) is 0 Å². The standard InChI is InChI=1S/C21H25NO5/c1-14-6-7-16(15(2)8-14)12-22(3)20(23)13-27-21(24)17-9-18(25-4)11-19(10-17)26-5/h6-11H,12-13H2,1-5H3. The highest BCUT2D eigenvalue weighted by atomic mass is 16.5. The van der Waals surface area contributed by atoms with Crippen LogP contribution in [0, 0.1) is 13.8 Å². The molecule has 2 aromatic carbocycles. The quantitative estimate of drug-likeness (QED) is 0.700. The smallest absolute Gasteiger partial charge is 0.338 e. The number of hydrogen-bond acceptors (Lipinski definition) is 5. The summed E-state index contributed by atoms with van der Waals surface area (Å²) in [4.78, 5) is 26.1. The van der Waals surface area contributed by atoms with E-state index < -0.39 is 5.97 Å². The van der Waals surface area contributed by atoms with Gasteiger partial charge in [-0.15, -0.1) is 0 Å². The maximum Gasteiger partial charge on any atom is 0.338 e. The van der Waals surface area contributed by atoms with Crippen molar-refractivity contribution in [2.75, 3.05) is 27.9 Å². The lowest BCUT2D eigenvalue weighted by molar-refractivity contribution is -0.133. The summed E-state index contributed by atoms with van der Waals surface area (Å²) >= 11 is 0. The van der Waals surface area contributed by atoms with E-state index in [1.807, 2.05) is 26.0 Å². The number of carbonyl (C=O) groups is 2. The predicted octanol–water partition coefficient (Wildman–Crippen LogP) is 3.14. The first-order valence-corrected chi connectivity index (χ1v) is 8.54. The molecule has 0 saturated heterocycles. The van der Waals surface area contributed by atoms with Gasteiger partial charge in [-0.25, -0.2) is 4.79 Å². The average Bonchev–Trinajstić information content (AvgIpc) is 2.67. The summed E-state index contributed by atoms with van der Waals surface area (Å²) in [6.45, 7) is 4.16. The lowest BCUT2D eigenvalue weighted by Gasteiger charge is -2.19. The maximum absolute atomic E-state index is 12.3. The highest BCUT2D eigenvalue weighted by Crippen LogP contribution is 2.23. The second-order valence-electron chi connectivity index (χ2n) is 6.36. The molecule has 0 saturated carbocycles. The van der Waals surface area contributed by atoms with E-state index in [1.165, 1.54) is 36.8 Å². The third kappa shape index (κ3) is 5.48. The first kappa shape index (κ1) is 20.3. The Bertz CT molecular complexity index is 809. The zero-order chi connectivity index (χ0) is 20.0. The summed E-state index contributed by atoms with van der Waals surface area (Å²) in [6, 6.07) is 10.8. The minimum atomic E-state index is -0.611. The first-order valence-electron chi connectivity index (χ1n) is 8.54. The van der Waals surface area contributed by atoms with E-state index in [-0.39, 0.29) is 18.1 Å². The monoisotopic (exact) mass is 371 g/mol. The van der Waals surface area contributed by atoms with E-state index in [4.69, 9.17) is 14.2 Å². The number of rotatable bonds is 7. The summed E-state index contributed by atoms with van der Waals surface area (Å²) < 4.78 is 15.4. The Kier molecular flexibility index (Phi) is 6.82. The van der Waals surface area contributed by atoms with Crippen molar-refractivity contribution in [2.45, 2.75) is 20.4 Å². The van der Waals surface area contributed by atoms with Gasteiger partial charge < -0.3 is 19.1 Å². The van der Waals surface area contributed by atoms with Gasteiger partial charge in [-0.05, 0) is 37.1 Å². The minimum Gasteiger partial charge on any atom is -0.497 e. The van der Waals surface area contributed by atoms with Crippen molar-refractivity contribution < 1.29 is 23.8 Å². The van der Waals surface area contributed by atoms with Crippen molar-refractivity contribution in [1.29, 1.82) is 0 Å². The molecule has 0 spiro atoms. The summed E-state index contributed by atoms with van der Waals surface area (Å²) in [5, 5.41) is 0. The predicted molar refractivity (Wildman–Crippen MR) is 102 cm³/mol. The molecule has 144 valence electrons. The largest absolute Gasteiger partial charge is 0.497 e. The fraction of sp³-hybridized carbons (Fsp3) is 0.333. The van der Waals surface area contributed by atoms with Crippen LogP contribution in [0.5, 0.6) is 11.5 Å². The van der Waals surface area contributed by atoms with E-state index in [2.05, 4.69) is 6.07 Å². The lowest BCUT2D eigenvalue weighted by Crippen LogP contribution is -2.31. The van der Waals surface area contributed by atoms with Crippen molar-refractivity contribution >= 4 is 11.9 Å². The highest BCUT2D eigenvalue weighted by molar-refractivity contribution is 5.92. The molecular weight excluding hydrogens is 346 g/mol. The Balaban J connectivity index is 1.97. The Labute approximate surface area is 159 Å². The van der Waals surface area contributed by atoms with Gasteiger partial charge in [-0.2, -0.15) is 0 Å². The number of aryl methyl sites for hydroxylation is 2. The Morgan fingerprint density at radius 3 is 2.15 bits per heavy atom. The van der Waals surface area contributed by atoms with Crippen LogP contribution in [-0.2, 0) is 16.1 Å². The van der Waals surface area contributed by atoms with Gasteiger partial charge >= 0.3 is 5.97 Å². The molecule has 6 nitrogen and oxygen atoms in total. The van der Waals surface area contributed by atoms with Crippen LogP contribution in [0.25, 0.3) is 0 Å². The molecule has 0 radical (unpaired) electrons. The molecule has 6 heteroatoms. The van der Waals surface area contributed by atoms with Gasteiger partial charge in [0.05, 0.1) is 19.8 Å². The van der Waals surface area contributed by atoms with Gasteiger partial charge in [0.25, 0.3) is 5.91 Å². The van der Waals surface area contributed by atoms with Crippen molar-refractivity contribution in [1.82, 2.24) is 4.90 Å². The highest BCUT2D eigenvalue weighted by Gasteiger charge is 2.16. The fourth-order valence-corrected chi connectivity index (χ4v) is 2.61. The van der Waals surface area contributed by atoms with E-state index in [0.717, 1.165) is 11.1 Å². The van der Waals surface area contributed by atoms with Gasteiger partial charge in [0.2, 0.25) is 0 Å². The molecule has 0 aromatic heterocycles. The topological polar surface area (TPSA) is 65.1 Å². The molecule has 1 amide bonds. The van der Waals surface area contributed by atoms with E-state index in [0.29, 0.717) is 18.0 Å². The van der Waals surface area contributed by atoms with Crippen molar-refractivity contribution in [3.8, 4) is 11.5 Å². The van der Waals surface area contributed by atoms with Crippen LogP contribution in [0.3, 0.4) is 0 Å². The van der Waals surface area contributed by atoms with Crippen LogP contribution in [0.15, 0.2) is 36.4 Å². The number of likely N-dealkylation sites (N-methyl/N-ethyl adjacent to an activating group) is 1. The summed E-state index contributed by atoms with van der Waals surface area (Å²) in [5.41, 5.74) is 3.61. The maximum atomic E-state index is 12.3. The number of methoxy groups -OCH3 is 2. The van der Waals surface area contributed by atoms with Gasteiger partial charge in [0, 0.05) is 19.7 Å². The summed E-state index contributed by atoms with van der Waals surface area (Å²) in [7, 11) is 4.68. The van der Waals surface area contributed by atoms with E-state index in [1.54, 1.807) is 13.1 Å². The Morgan fingerprint density at radius 1 is 0.963 bits per heavy atom. The number of esters is 1. The number of ether oxygens (including phenoxy) is 3. The van der Waals surface area contributed by atoms with Crippen LogP contribution in [0.4, 0.5) is 0 Å². The van der Waals surface area contributed by atoms with E-state index in [9.17, 15) is 9.59 Å². The van der Waals surface area contributed by atoms with Gasteiger partial charge in [0.1, 0.15) is 11.5 Å². The van der Waals surface area contributed by atoms with Crippen molar-refractivity contribution in [3.63, 3.8) is 0 Å². The number of nitrogens with zero attached hydrogens (tertiary/aromatic N) is 1. The Hall–Kier alpha value is -3.02. The van der Waals surface area contributed by atoms with Gasteiger partial charge in [0.15, 0.2) is 6.61 Å². The third-order valence-electron chi connectivity index (χ3n) is 4.25. The average molecular weight is 371 g/mol. The van der Waals surface area contributed by atoms with Crippen molar-refractivity contribution in [3.05, 3.63) is 58.7 Å². The first-order chi connectivity index (χ1) is 12.8. The number of hydrogen-bond donors (Lipinski definition) is 0. The van der Waals surface area contributed by atoms with E-state index >= 15 is 0 Å². The fourth-order valence-electron chi connectivity index (χ4n) is 2.61. The molecule has 27 heavy (non-hydrogen) atoms. The molecule has 0 bridgehead atoms. The normalized spacial score (nSPS) is 10.3. The molecule has 0 aliphatic rings. The molecule has 0 heterocycles. The molecule has 0 fully saturated rings. The molecular formula is C21H25NO5. The number of carbonyl (C=O) groups excluding carboxylic acids is 2. The molecule has 0 unspecified atom stereocenters. The summed E-state index contributed by atoms with van der Waals surface area (Å²) in [6.07, 6.45) is 0. The molecule has 0 atom stereocenters. The number of amides is 1. The zero-order valence-corrected chi connectivity index (χ0v) is 16.4. The van der Waals surface area contributed by atoms with Gasteiger partial charge in [-0.3, -0.25) is 4.79 Å². The van der Waals surface area contributed by atoms with Crippen LogP contribution in [0.1, 0.15) is 27.0 Å². The SMILES string of the molecule is COc1cc(OC)cc(C(=O)OCC(=O)N(C)Cc2ccc(C)cc2C)c1. The molecule has 0 aliphatic heterocycles. The van der Waals surface area contributed by atoms with Crippen LogP contribution in [-0.4, -0.2) is 44.7 Å². The van der Waals surface area contributed by atoms with Crippen molar-refractivity contribution in [2.24, 2.45) is 0 Å². The van der Waals surface area contributed by atoms with Crippen LogP contribution < -0.4 is 9.47 Å². The second-order valence-corrected chi connectivity index (χ2v) is 6.36. The molecule has 0 aliphatic carbocycles. The lowest BCUT2D eigenvalue weighted by atomic mass is 10.1. The zero-order valence-electron chi connectivity index (χ0n) is 16.4. The molecule has 2 aromatic rings. The summed E-state index contributed by atoms with van der Waals surface area (Å²) in [5.74, 6) is 0.0536. The van der Waals surface area contributed by atoms with Crippen LogP contribution >= 0.6 is 0 Å². The molecule has 2 rings (SSSR count). The molecule has 0 N–H and O–H groups in total. The number of benzene rings is 2.